The molecule has 0 aliphatic rings. The van der Waals surface area contributed by atoms with E-state index in [1.165, 1.54) is 5.56 Å². The Balaban J connectivity index is 2.13. The van der Waals surface area contributed by atoms with Crippen LogP contribution in [0, 0.1) is 13.8 Å². The predicted molar refractivity (Wildman–Crippen MR) is 84.7 cm³/mol. The van der Waals surface area contributed by atoms with Crippen LogP contribution in [0.1, 0.15) is 11.4 Å². The lowest BCUT2D eigenvalue weighted by Gasteiger charge is -2.11. The Hall–Kier alpha value is -2.68. The van der Waals surface area contributed by atoms with E-state index in [4.69, 9.17) is 0 Å². The van der Waals surface area contributed by atoms with E-state index < -0.39 is 0 Å². The summed E-state index contributed by atoms with van der Waals surface area (Å²) in [5.74, 6) is 0.685. The Morgan fingerprint density at radius 3 is 2.19 bits per heavy atom. The van der Waals surface area contributed by atoms with Crippen LogP contribution in [-0.2, 0) is 0 Å². The van der Waals surface area contributed by atoms with Crippen molar-refractivity contribution in [1.82, 2.24) is 9.55 Å². The van der Waals surface area contributed by atoms with Crippen molar-refractivity contribution in [3.63, 3.8) is 0 Å². The summed E-state index contributed by atoms with van der Waals surface area (Å²) < 4.78 is 1.63. The number of rotatable bonds is 2. The lowest BCUT2D eigenvalue weighted by atomic mass is 10.1. The molecule has 1 heterocycles. The number of nitrogens with zero attached hydrogens (tertiary/aromatic N) is 2. The first-order chi connectivity index (χ1) is 10.1. The summed E-state index contributed by atoms with van der Waals surface area (Å²) in [4.78, 5) is 17.0. The first-order valence-corrected chi connectivity index (χ1v) is 6.88. The van der Waals surface area contributed by atoms with Crippen molar-refractivity contribution in [2.24, 2.45) is 0 Å². The highest BCUT2D eigenvalue weighted by Crippen LogP contribution is 2.16. The number of benzene rings is 2. The van der Waals surface area contributed by atoms with E-state index in [-0.39, 0.29) is 5.56 Å². The maximum absolute atomic E-state index is 12.4. The van der Waals surface area contributed by atoms with Gasteiger partial charge >= 0.3 is 0 Å². The van der Waals surface area contributed by atoms with E-state index in [2.05, 4.69) is 4.98 Å². The summed E-state index contributed by atoms with van der Waals surface area (Å²) in [6.07, 6.45) is 0. The average molecular weight is 276 g/mol. The molecule has 0 radical (unpaired) electrons. The Labute approximate surface area is 123 Å². The summed E-state index contributed by atoms with van der Waals surface area (Å²) >= 11 is 0. The summed E-state index contributed by atoms with van der Waals surface area (Å²) in [5.41, 5.74) is 3.61. The Kier molecular flexibility index (Phi) is 3.40. The molecule has 0 saturated carbocycles. The summed E-state index contributed by atoms with van der Waals surface area (Å²) in [7, 11) is 0. The zero-order chi connectivity index (χ0) is 14.8. The van der Waals surface area contributed by atoms with Crippen molar-refractivity contribution in [3.05, 3.63) is 82.4 Å². The lowest BCUT2D eigenvalue weighted by molar-refractivity contribution is 0.873. The van der Waals surface area contributed by atoms with Crippen molar-refractivity contribution in [2.45, 2.75) is 13.8 Å². The molecule has 3 aromatic rings. The second-order valence-electron chi connectivity index (χ2n) is 5.06. The summed E-state index contributed by atoms with van der Waals surface area (Å²) in [6.45, 7) is 3.88. The third kappa shape index (κ3) is 2.63. The molecule has 0 aliphatic heterocycles. The highest BCUT2D eigenvalue weighted by Gasteiger charge is 2.08. The second-order valence-corrected chi connectivity index (χ2v) is 5.06. The molecule has 0 unspecified atom stereocenters. The molecule has 0 N–H and O–H groups in total. The quantitative estimate of drug-likeness (QED) is 0.718. The van der Waals surface area contributed by atoms with Crippen molar-refractivity contribution in [3.8, 4) is 16.9 Å². The molecule has 3 heteroatoms. The van der Waals surface area contributed by atoms with Crippen LogP contribution >= 0.6 is 0 Å². The normalized spacial score (nSPS) is 10.6. The van der Waals surface area contributed by atoms with Crippen LogP contribution in [0.4, 0.5) is 0 Å². The van der Waals surface area contributed by atoms with Gasteiger partial charge in [-0.3, -0.25) is 9.36 Å². The lowest BCUT2D eigenvalue weighted by Crippen LogP contribution is -2.21. The molecule has 0 saturated heterocycles. The molecule has 21 heavy (non-hydrogen) atoms. The van der Waals surface area contributed by atoms with Crippen LogP contribution in [0.3, 0.4) is 0 Å². The number of hydrogen-bond donors (Lipinski definition) is 0. The summed E-state index contributed by atoms with van der Waals surface area (Å²) in [5, 5.41) is 0. The van der Waals surface area contributed by atoms with Gasteiger partial charge in [0.05, 0.1) is 11.4 Å². The van der Waals surface area contributed by atoms with E-state index in [1.807, 2.05) is 68.4 Å². The van der Waals surface area contributed by atoms with E-state index in [1.54, 1.807) is 10.6 Å². The first-order valence-electron chi connectivity index (χ1n) is 6.88. The van der Waals surface area contributed by atoms with Gasteiger partial charge in [0.25, 0.3) is 5.56 Å². The average Bonchev–Trinajstić information content (AvgIpc) is 2.49. The highest BCUT2D eigenvalue weighted by molar-refractivity contribution is 5.58. The Morgan fingerprint density at radius 2 is 1.57 bits per heavy atom. The standard InChI is InChI=1S/C18H16N2O/c1-13-8-10-16(11-9-13)20-14(2)19-17(12-18(20)21)15-6-4-3-5-7-15/h3-12H,1-2H3. The monoisotopic (exact) mass is 276 g/mol. The molecule has 0 atom stereocenters. The maximum atomic E-state index is 12.4. The Morgan fingerprint density at radius 1 is 0.905 bits per heavy atom. The van der Waals surface area contributed by atoms with Crippen molar-refractivity contribution in [2.75, 3.05) is 0 Å². The fourth-order valence-electron chi connectivity index (χ4n) is 2.36. The van der Waals surface area contributed by atoms with Crippen LogP contribution in [0.25, 0.3) is 16.9 Å². The Bertz CT molecular complexity index is 818. The summed E-state index contributed by atoms with van der Waals surface area (Å²) in [6, 6.07) is 19.2. The van der Waals surface area contributed by atoms with Gasteiger partial charge < -0.3 is 0 Å². The zero-order valence-corrected chi connectivity index (χ0v) is 12.1. The molecular weight excluding hydrogens is 260 g/mol. The number of aromatic nitrogens is 2. The van der Waals surface area contributed by atoms with Crippen molar-refractivity contribution < 1.29 is 0 Å². The van der Waals surface area contributed by atoms with Gasteiger partial charge in [0.2, 0.25) is 0 Å². The van der Waals surface area contributed by atoms with Gasteiger partial charge in [0.15, 0.2) is 0 Å². The van der Waals surface area contributed by atoms with Crippen molar-refractivity contribution in [1.29, 1.82) is 0 Å². The molecule has 3 rings (SSSR count). The smallest absolute Gasteiger partial charge is 0.258 e. The van der Waals surface area contributed by atoms with E-state index in [9.17, 15) is 4.79 Å². The minimum atomic E-state index is -0.0646. The van der Waals surface area contributed by atoms with Crippen LogP contribution in [0.15, 0.2) is 65.5 Å². The number of hydrogen-bond acceptors (Lipinski definition) is 2. The third-order valence-corrected chi connectivity index (χ3v) is 3.45. The van der Waals surface area contributed by atoms with Crippen molar-refractivity contribution >= 4 is 0 Å². The molecule has 0 aliphatic carbocycles. The highest BCUT2D eigenvalue weighted by atomic mass is 16.1. The maximum Gasteiger partial charge on any atom is 0.258 e. The first kappa shape index (κ1) is 13.3. The van der Waals surface area contributed by atoms with Gasteiger partial charge in [-0.1, -0.05) is 48.0 Å². The van der Waals surface area contributed by atoms with Gasteiger partial charge in [-0.15, -0.1) is 0 Å². The largest absolute Gasteiger partial charge is 0.269 e. The van der Waals surface area contributed by atoms with Crippen LogP contribution in [-0.4, -0.2) is 9.55 Å². The van der Waals surface area contributed by atoms with Gasteiger partial charge in [-0.05, 0) is 26.0 Å². The molecule has 0 fully saturated rings. The van der Waals surface area contributed by atoms with Gasteiger partial charge in [-0.25, -0.2) is 4.98 Å². The van der Waals surface area contributed by atoms with E-state index in [0.29, 0.717) is 11.5 Å². The molecular formula is C18H16N2O. The second kappa shape index (κ2) is 5.37. The van der Waals surface area contributed by atoms with E-state index >= 15 is 0 Å². The molecule has 0 bridgehead atoms. The zero-order valence-electron chi connectivity index (χ0n) is 12.1. The third-order valence-electron chi connectivity index (χ3n) is 3.45. The fourth-order valence-corrected chi connectivity index (χ4v) is 2.36. The topological polar surface area (TPSA) is 34.9 Å². The van der Waals surface area contributed by atoms with Crippen LogP contribution < -0.4 is 5.56 Å². The minimum absolute atomic E-state index is 0.0646. The van der Waals surface area contributed by atoms with E-state index in [0.717, 1.165) is 11.3 Å². The van der Waals surface area contributed by atoms with Crippen LogP contribution in [0.2, 0.25) is 0 Å². The van der Waals surface area contributed by atoms with Gasteiger partial charge in [0, 0.05) is 11.6 Å². The van der Waals surface area contributed by atoms with Gasteiger partial charge in [0.1, 0.15) is 5.82 Å². The molecule has 1 aromatic heterocycles. The molecule has 2 aromatic carbocycles. The molecule has 3 nitrogen and oxygen atoms in total. The van der Waals surface area contributed by atoms with Crippen LogP contribution in [0.5, 0.6) is 0 Å². The molecule has 104 valence electrons. The van der Waals surface area contributed by atoms with Gasteiger partial charge in [-0.2, -0.15) is 0 Å². The molecule has 0 amide bonds. The predicted octanol–water partition coefficient (Wildman–Crippen LogP) is 3.52. The number of aryl methyl sites for hydroxylation is 2. The minimum Gasteiger partial charge on any atom is -0.269 e. The molecule has 0 spiro atoms. The fraction of sp³-hybridized carbons (Fsp3) is 0.111. The SMILES string of the molecule is Cc1ccc(-n2c(C)nc(-c3ccccc3)cc2=O)cc1.